The second kappa shape index (κ2) is 9.30. The van der Waals surface area contributed by atoms with E-state index in [4.69, 9.17) is 5.26 Å². The second-order valence-corrected chi connectivity index (χ2v) is 6.69. The van der Waals surface area contributed by atoms with Gasteiger partial charge in [-0.15, -0.1) is 0 Å². The highest BCUT2D eigenvalue weighted by atomic mass is 15.2. The summed E-state index contributed by atoms with van der Waals surface area (Å²) in [6.07, 6.45) is 7.46. The number of aromatic nitrogens is 1. The average molecular weight is 324 g/mol. The Balaban J connectivity index is 1.81. The Kier molecular flexibility index (Phi) is 7.09. The minimum absolute atomic E-state index is 0.520. The summed E-state index contributed by atoms with van der Waals surface area (Å²) in [7, 11) is 4.24. The van der Waals surface area contributed by atoms with Crippen LogP contribution in [0.15, 0.2) is 18.3 Å². The fourth-order valence-electron chi connectivity index (χ4n) is 3.24. The minimum Gasteiger partial charge on any atom is -0.357 e. The highest BCUT2D eigenvalue weighted by molar-refractivity contribution is 5.42. The zero-order valence-electron chi connectivity index (χ0n) is 15.1. The molecule has 1 aliphatic rings. The maximum atomic E-state index is 8.86. The van der Waals surface area contributed by atoms with Crippen LogP contribution in [0, 0.1) is 29.1 Å². The highest BCUT2D eigenvalue weighted by Gasteiger charge is 2.23. The zero-order chi connectivity index (χ0) is 17.4. The molecule has 0 saturated heterocycles. The van der Waals surface area contributed by atoms with Gasteiger partial charge in [-0.1, -0.05) is 18.8 Å². The van der Waals surface area contributed by atoms with Crippen molar-refractivity contribution in [3.63, 3.8) is 0 Å². The molecule has 0 unspecified atom stereocenters. The van der Waals surface area contributed by atoms with Crippen molar-refractivity contribution in [2.24, 2.45) is 5.92 Å². The van der Waals surface area contributed by atoms with Crippen molar-refractivity contribution in [3.8, 4) is 17.9 Å². The van der Waals surface area contributed by atoms with Crippen LogP contribution in [0.5, 0.6) is 0 Å². The molecule has 1 fully saturated rings. The van der Waals surface area contributed by atoms with Crippen LogP contribution in [0.1, 0.15) is 44.6 Å². The van der Waals surface area contributed by atoms with E-state index in [0.717, 1.165) is 44.6 Å². The molecule has 0 spiro atoms. The van der Waals surface area contributed by atoms with E-state index in [1.165, 1.54) is 6.42 Å². The van der Waals surface area contributed by atoms with Gasteiger partial charge in [-0.3, -0.25) is 4.90 Å². The molecule has 0 amide bonds. The molecule has 1 aromatic rings. The third-order valence-corrected chi connectivity index (χ3v) is 4.74. The molecule has 1 saturated carbocycles. The summed E-state index contributed by atoms with van der Waals surface area (Å²) in [5.74, 6) is 8.30. The zero-order valence-corrected chi connectivity index (χ0v) is 15.1. The number of nitrogens with zero attached hydrogens (tertiary/aromatic N) is 4. The van der Waals surface area contributed by atoms with Crippen molar-refractivity contribution in [3.05, 3.63) is 23.9 Å². The molecule has 1 aliphatic carbocycles. The maximum Gasteiger partial charge on any atom is 0.128 e. The summed E-state index contributed by atoms with van der Waals surface area (Å²) in [6.45, 7) is 4.19. The Morgan fingerprint density at radius 2 is 1.96 bits per heavy atom. The standard InChI is InChI=1S/C20H28N4/c1-4-13-23(2)14-5-6-17-7-10-19(11-8-17)24(3)20-12-9-18(15-21)16-22-20/h9,12,16-17,19H,4,7-8,10-11,13-14H2,1-3H3/t17-,19-. The van der Waals surface area contributed by atoms with E-state index in [9.17, 15) is 0 Å². The molecular weight excluding hydrogens is 296 g/mol. The van der Waals surface area contributed by atoms with Gasteiger partial charge < -0.3 is 4.90 Å². The Bertz CT molecular complexity index is 597. The van der Waals surface area contributed by atoms with Crippen LogP contribution in [-0.2, 0) is 0 Å². The fourth-order valence-corrected chi connectivity index (χ4v) is 3.24. The number of anilines is 1. The summed E-state index contributed by atoms with van der Waals surface area (Å²) in [4.78, 5) is 8.93. The van der Waals surface area contributed by atoms with E-state index in [0.29, 0.717) is 17.5 Å². The van der Waals surface area contributed by atoms with Gasteiger partial charge in [0.2, 0.25) is 0 Å². The first-order chi connectivity index (χ1) is 11.6. The topological polar surface area (TPSA) is 43.2 Å². The molecule has 0 aromatic carbocycles. The molecule has 4 heteroatoms. The molecule has 1 heterocycles. The Morgan fingerprint density at radius 1 is 1.21 bits per heavy atom. The van der Waals surface area contributed by atoms with E-state index < -0.39 is 0 Å². The van der Waals surface area contributed by atoms with E-state index in [1.807, 2.05) is 12.1 Å². The van der Waals surface area contributed by atoms with Crippen LogP contribution in [-0.4, -0.2) is 43.1 Å². The smallest absolute Gasteiger partial charge is 0.128 e. The first-order valence-corrected chi connectivity index (χ1v) is 8.90. The lowest BCUT2D eigenvalue weighted by Crippen LogP contribution is -2.35. The van der Waals surface area contributed by atoms with E-state index in [-0.39, 0.29) is 0 Å². The molecule has 2 rings (SSSR count). The molecule has 0 N–H and O–H groups in total. The summed E-state index contributed by atoms with van der Waals surface area (Å²) >= 11 is 0. The van der Waals surface area contributed by atoms with Gasteiger partial charge in [0.15, 0.2) is 0 Å². The first kappa shape index (κ1) is 18.3. The molecule has 4 nitrogen and oxygen atoms in total. The number of rotatable bonds is 5. The van der Waals surface area contributed by atoms with Gasteiger partial charge in [0.1, 0.15) is 11.9 Å². The molecule has 0 bridgehead atoms. The van der Waals surface area contributed by atoms with Gasteiger partial charge in [0.05, 0.1) is 12.1 Å². The lowest BCUT2D eigenvalue weighted by atomic mass is 9.86. The molecular formula is C20H28N4. The van der Waals surface area contributed by atoms with Crippen molar-refractivity contribution < 1.29 is 0 Å². The summed E-state index contributed by atoms with van der Waals surface area (Å²) in [6, 6.07) is 6.41. The number of nitriles is 1. The lowest BCUT2D eigenvalue weighted by molar-refractivity contribution is 0.368. The van der Waals surface area contributed by atoms with Crippen molar-refractivity contribution in [1.29, 1.82) is 5.26 Å². The Hall–Kier alpha value is -2.04. The summed E-state index contributed by atoms with van der Waals surface area (Å²) in [5, 5.41) is 8.86. The van der Waals surface area contributed by atoms with Crippen molar-refractivity contribution in [1.82, 2.24) is 9.88 Å². The van der Waals surface area contributed by atoms with Gasteiger partial charge in [-0.25, -0.2) is 4.98 Å². The summed E-state index contributed by atoms with van der Waals surface area (Å²) < 4.78 is 0. The predicted octanol–water partition coefficient (Wildman–Crippen LogP) is 3.29. The SMILES string of the molecule is CCCN(C)CC#C[C@H]1CC[C@H](N(C)c2ccc(C#N)cn2)CC1. The van der Waals surface area contributed by atoms with E-state index in [1.54, 1.807) is 6.20 Å². The Labute approximate surface area is 146 Å². The van der Waals surface area contributed by atoms with Gasteiger partial charge in [-0.05, 0) is 57.8 Å². The van der Waals surface area contributed by atoms with Crippen LogP contribution in [0.3, 0.4) is 0 Å². The predicted molar refractivity (Wildman–Crippen MR) is 98.7 cm³/mol. The normalized spacial score (nSPS) is 20.1. The first-order valence-electron chi connectivity index (χ1n) is 8.90. The van der Waals surface area contributed by atoms with Crippen LogP contribution >= 0.6 is 0 Å². The molecule has 0 aliphatic heterocycles. The molecule has 0 atom stereocenters. The van der Waals surface area contributed by atoms with Gasteiger partial charge >= 0.3 is 0 Å². The minimum atomic E-state index is 0.520. The van der Waals surface area contributed by atoms with Crippen LogP contribution < -0.4 is 4.90 Å². The molecule has 0 radical (unpaired) electrons. The third-order valence-electron chi connectivity index (χ3n) is 4.74. The van der Waals surface area contributed by atoms with E-state index >= 15 is 0 Å². The summed E-state index contributed by atoms with van der Waals surface area (Å²) in [5.41, 5.74) is 0.610. The van der Waals surface area contributed by atoms with Crippen molar-refractivity contribution in [2.45, 2.75) is 45.1 Å². The van der Waals surface area contributed by atoms with Crippen molar-refractivity contribution in [2.75, 3.05) is 32.1 Å². The molecule has 1 aromatic heterocycles. The second-order valence-electron chi connectivity index (χ2n) is 6.69. The third kappa shape index (κ3) is 5.25. The quantitative estimate of drug-likeness (QED) is 0.780. The Morgan fingerprint density at radius 3 is 2.54 bits per heavy atom. The highest BCUT2D eigenvalue weighted by Crippen LogP contribution is 2.28. The van der Waals surface area contributed by atoms with E-state index in [2.05, 4.69) is 53.7 Å². The average Bonchev–Trinajstić information content (AvgIpc) is 2.62. The van der Waals surface area contributed by atoms with Gasteiger partial charge in [-0.2, -0.15) is 5.26 Å². The lowest BCUT2D eigenvalue weighted by Gasteiger charge is -2.34. The van der Waals surface area contributed by atoms with Crippen molar-refractivity contribution >= 4 is 5.82 Å². The fraction of sp³-hybridized carbons (Fsp3) is 0.600. The molecule has 128 valence electrons. The van der Waals surface area contributed by atoms with Gasteiger partial charge in [0, 0.05) is 25.2 Å². The van der Waals surface area contributed by atoms with Crippen LogP contribution in [0.4, 0.5) is 5.82 Å². The number of pyridine rings is 1. The van der Waals surface area contributed by atoms with Gasteiger partial charge in [0.25, 0.3) is 0 Å². The largest absolute Gasteiger partial charge is 0.357 e. The number of hydrogen-bond acceptors (Lipinski definition) is 4. The maximum absolute atomic E-state index is 8.86. The molecule has 24 heavy (non-hydrogen) atoms. The van der Waals surface area contributed by atoms with Crippen LogP contribution in [0.25, 0.3) is 0 Å². The monoisotopic (exact) mass is 324 g/mol. The number of hydrogen-bond donors (Lipinski definition) is 0. The van der Waals surface area contributed by atoms with Crippen LogP contribution in [0.2, 0.25) is 0 Å².